The molecule has 2 aromatic carbocycles. The van der Waals surface area contributed by atoms with E-state index in [0.29, 0.717) is 17.0 Å². The summed E-state index contributed by atoms with van der Waals surface area (Å²) in [5.74, 6) is 0.583. The molecule has 0 spiro atoms. The van der Waals surface area contributed by atoms with Gasteiger partial charge in [0.15, 0.2) is 5.78 Å². The second-order valence-electron chi connectivity index (χ2n) is 4.78. The first-order valence-corrected chi connectivity index (χ1v) is 9.37. The maximum atomic E-state index is 12.5. The molecule has 0 atom stereocenters. The summed E-state index contributed by atoms with van der Waals surface area (Å²) in [6, 6.07) is 13.1. The van der Waals surface area contributed by atoms with Gasteiger partial charge in [0.2, 0.25) is 0 Å². The van der Waals surface area contributed by atoms with E-state index in [4.69, 9.17) is 0 Å². The van der Waals surface area contributed by atoms with Crippen molar-refractivity contribution in [2.24, 2.45) is 0 Å². The molecule has 0 amide bonds. The number of sulfonamides is 1. The summed E-state index contributed by atoms with van der Waals surface area (Å²) in [4.78, 5) is 12.2. The minimum Gasteiger partial charge on any atom is -0.295 e. The number of carbonyl (C=O) groups excluding carboxylic acids is 1. The maximum absolute atomic E-state index is 12.5. The fraction of sp³-hybridized carbons (Fsp3) is 0.118. The van der Waals surface area contributed by atoms with Crippen LogP contribution in [0.2, 0.25) is 0 Å². The predicted octanol–water partition coefficient (Wildman–Crippen LogP) is 3.97. The largest absolute Gasteiger partial charge is 0.295 e. The molecule has 0 saturated carbocycles. The Morgan fingerprint density at radius 1 is 1.17 bits per heavy atom. The molecule has 0 radical (unpaired) electrons. The van der Waals surface area contributed by atoms with Gasteiger partial charge in [-0.1, -0.05) is 30.3 Å². The van der Waals surface area contributed by atoms with E-state index in [0.717, 1.165) is 4.90 Å². The van der Waals surface area contributed by atoms with Crippen LogP contribution in [0, 0.1) is 0 Å². The van der Waals surface area contributed by atoms with E-state index in [1.54, 1.807) is 18.2 Å². The molecule has 2 rings (SSSR count). The van der Waals surface area contributed by atoms with Crippen LogP contribution in [0.4, 0.5) is 5.69 Å². The van der Waals surface area contributed by atoms with Crippen LogP contribution in [-0.2, 0) is 10.0 Å². The number of rotatable bonds is 7. The number of Topliss-reactive ketones (excluding diaryl/α,β-unsaturated/α-hetero) is 1. The number of anilines is 1. The van der Waals surface area contributed by atoms with Gasteiger partial charge in [0, 0.05) is 16.2 Å². The summed E-state index contributed by atoms with van der Waals surface area (Å²) in [5, 5.41) is 0. The second-order valence-corrected chi connectivity index (χ2v) is 7.53. The highest BCUT2D eigenvalue weighted by molar-refractivity contribution is 7.99. The van der Waals surface area contributed by atoms with Gasteiger partial charge in [-0.2, -0.15) is 0 Å². The van der Waals surface area contributed by atoms with Gasteiger partial charge in [-0.15, -0.1) is 18.3 Å². The normalized spacial score (nSPS) is 11.0. The van der Waals surface area contributed by atoms with Crippen LogP contribution >= 0.6 is 11.8 Å². The number of hydrogen-bond acceptors (Lipinski definition) is 4. The van der Waals surface area contributed by atoms with Crippen LogP contribution in [-0.4, -0.2) is 20.0 Å². The van der Waals surface area contributed by atoms with Crippen LogP contribution in [0.1, 0.15) is 17.3 Å². The Kier molecular flexibility index (Phi) is 5.63. The van der Waals surface area contributed by atoms with Gasteiger partial charge >= 0.3 is 0 Å². The number of ketones is 1. The first-order valence-electron chi connectivity index (χ1n) is 6.90. The molecule has 0 heterocycles. The summed E-state index contributed by atoms with van der Waals surface area (Å²) in [5.41, 5.74) is 1.00. The van der Waals surface area contributed by atoms with Gasteiger partial charge in [0.1, 0.15) is 0 Å². The summed E-state index contributed by atoms with van der Waals surface area (Å²) in [6.45, 7) is 5.10. The van der Waals surface area contributed by atoms with Crippen molar-refractivity contribution < 1.29 is 13.2 Å². The Balaban J connectivity index is 2.27. The molecule has 0 aliphatic rings. The van der Waals surface area contributed by atoms with Crippen molar-refractivity contribution >= 4 is 33.3 Å². The number of nitrogens with one attached hydrogen (secondary N) is 1. The molecule has 4 nitrogen and oxygen atoms in total. The molecule has 0 unspecified atom stereocenters. The summed E-state index contributed by atoms with van der Waals surface area (Å²) in [6.07, 6.45) is 1.76. The molecule has 0 fully saturated rings. The van der Waals surface area contributed by atoms with Crippen molar-refractivity contribution in [1.82, 2.24) is 0 Å². The van der Waals surface area contributed by atoms with Gasteiger partial charge in [-0.3, -0.25) is 9.52 Å². The highest BCUT2D eigenvalue weighted by Crippen LogP contribution is 2.28. The van der Waals surface area contributed by atoms with Gasteiger partial charge in [0.25, 0.3) is 10.0 Å². The van der Waals surface area contributed by atoms with Crippen molar-refractivity contribution in [3.63, 3.8) is 0 Å². The number of carbonyl (C=O) groups is 1. The van der Waals surface area contributed by atoms with Crippen molar-refractivity contribution in [3.05, 3.63) is 66.7 Å². The molecule has 120 valence electrons. The quantitative estimate of drug-likeness (QED) is 0.468. The monoisotopic (exact) mass is 347 g/mol. The molecule has 0 aliphatic heterocycles. The highest BCUT2D eigenvalue weighted by atomic mass is 32.2. The van der Waals surface area contributed by atoms with E-state index in [1.165, 1.54) is 43.0 Å². The SMILES string of the molecule is C=CCSc1ccccc1NS(=O)(=O)c1ccc(C(C)=O)cc1. The van der Waals surface area contributed by atoms with E-state index in [9.17, 15) is 13.2 Å². The zero-order chi connectivity index (χ0) is 16.9. The Labute approximate surface area is 140 Å². The number of para-hydroxylation sites is 1. The lowest BCUT2D eigenvalue weighted by molar-refractivity contribution is 0.101. The van der Waals surface area contributed by atoms with Crippen LogP contribution in [0.15, 0.2) is 71.0 Å². The molecule has 0 aromatic heterocycles. The Hall–Kier alpha value is -2.05. The molecule has 23 heavy (non-hydrogen) atoms. The average molecular weight is 347 g/mol. The van der Waals surface area contributed by atoms with Crippen LogP contribution < -0.4 is 4.72 Å². The molecular weight excluding hydrogens is 330 g/mol. The number of hydrogen-bond donors (Lipinski definition) is 1. The fourth-order valence-corrected chi connectivity index (χ4v) is 3.79. The zero-order valence-corrected chi connectivity index (χ0v) is 14.3. The zero-order valence-electron chi connectivity index (χ0n) is 12.7. The third-order valence-corrected chi connectivity index (χ3v) is 5.51. The van der Waals surface area contributed by atoms with Crippen LogP contribution in [0.25, 0.3) is 0 Å². The molecule has 0 bridgehead atoms. The van der Waals surface area contributed by atoms with E-state index in [1.807, 2.05) is 12.1 Å². The molecule has 2 aromatic rings. The second kappa shape index (κ2) is 7.48. The Bertz CT molecular complexity index is 812. The van der Waals surface area contributed by atoms with E-state index >= 15 is 0 Å². The van der Waals surface area contributed by atoms with Crippen molar-refractivity contribution in [2.45, 2.75) is 16.7 Å². The standard InChI is InChI=1S/C17H17NO3S2/c1-3-12-22-17-7-5-4-6-16(17)18-23(20,21)15-10-8-14(9-11-15)13(2)19/h3-11,18H,1,12H2,2H3. The summed E-state index contributed by atoms with van der Waals surface area (Å²) >= 11 is 1.50. The topological polar surface area (TPSA) is 63.2 Å². The fourth-order valence-electron chi connectivity index (χ4n) is 1.90. The van der Waals surface area contributed by atoms with Crippen LogP contribution in [0.5, 0.6) is 0 Å². The average Bonchev–Trinajstić information content (AvgIpc) is 2.54. The van der Waals surface area contributed by atoms with E-state index < -0.39 is 10.0 Å². The molecule has 0 saturated heterocycles. The Morgan fingerprint density at radius 3 is 2.43 bits per heavy atom. The number of thioether (sulfide) groups is 1. The lowest BCUT2D eigenvalue weighted by atomic mass is 10.2. The molecule has 1 N–H and O–H groups in total. The molecular formula is C17H17NO3S2. The predicted molar refractivity (Wildman–Crippen MR) is 94.6 cm³/mol. The molecule has 0 aliphatic carbocycles. The van der Waals surface area contributed by atoms with Gasteiger partial charge in [-0.25, -0.2) is 8.42 Å². The van der Waals surface area contributed by atoms with Crippen molar-refractivity contribution in [1.29, 1.82) is 0 Å². The minimum absolute atomic E-state index is 0.104. The van der Waals surface area contributed by atoms with Gasteiger partial charge in [-0.05, 0) is 31.2 Å². The maximum Gasteiger partial charge on any atom is 0.261 e. The highest BCUT2D eigenvalue weighted by Gasteiger charge is 2.16. The third kappa shape index (κ3) is 4.46. The number of benzene rings is 2. The lowest BCUT2D eigenvalue weighted by Crippen LogP contribution is -2.13. The summed E-state index contributed by atoms with van der Waals surface area (Å²) in [7, 11) is -3.70. The first kappa shape index (κ1) is 17.3. The van der Waals surface area contributed by atoms with E-state index in [-0.39, 0.29) is 10.7 Å². The van der Waals surface area contributed by atoms with Crippen molar-refractivity contribution in [3.8, 4) is 0 Å². The van der Waals surface area contributed by atoms with Gasteiger partial charge in [0.05, 0.1) is 10.6 Å². The van der Waals surface area contributed by atoms with E-state index in [2.05, 4.69) is 11.3 Å². The lowest BCUT2D eigenvalue weighted by Gasteiger charge is -2.12. The molecule has 6 heteroatoms. The van der Waals surface area contributed by atoms with Crippen LogP contribution in [0.3, 0.4) is 0 Å². The third-order valence-electron chi connectivity index (χ3n) is 3.06. The smallest absolute Gasteiger partial charge is 0.261 e. The summed E-state index contributed by atoms with van der Waals surface area (Å²) < 4.78 is 27.6. The minimum atomic E-state index is -3.70. The van der Waals surface area contributed by atoms with Gasteiger partial charge < -0.3 is 0 Å². The Morgan fingerprint density at radius 2 is 1.83 bits per heavy atom. The first-order chi connectivity index (χ1) is 10.9. The van der Waals surface area contributed by atoms with Crippen molar-refractivity contribution in [2.75, 3.05) is 10.5 Å².